The molecule has 1 aromatic carbocycles. The van der Waals surface area contributed by atoms with Crippen LogP contribution in [0, 0.1) is 0 Å². The maximum absolute atomic E-state index is 11.1. The molecule has 0 spiro atoms. The van der Waals surface area contributed by atoms with Gasteiger partial charge in [0.05, 0.1) is 18.9 Å². The molecule has 1 rings (SSSR count). The maximum atomic E-state index is 11.1. The van der Waals surface area contributed by atoms with Crippen LogP contribution in [0.15, 0.2) is 23.4 Å². The molecule has 0 atom stereocenters. The summed E-state index contributed by atoms with van der Waals surface area (Å²) in [7, 11) is 1.28. The van der Waals surface area contributed by atoms with E-state index in [9.17, 15) is 4.79 Å². The summed E-state index contributed by atoms with van der Waals surface area (Å²) in [6, 6.07) is 4.58. The number of benzene rings is 1. The first-order chi connectivity index (χ1) is 6.67. The SMILES string of the molecule is COC(=O)c1cc(N)cc(C=NO)c1. The van der Waals surface area contributed by atoms with Gasteiger partial charge in [-0.05, 0) is 23.8 Å². The lowest BCUT2D eigenvalue weighted by Gasteiger charge is -2.02. The van der Waals surface area contributed by atoms with Crippen LogP contribution in [-0.4, -0.2) is 24.5 Å². The summed E-state index contributed by atoms with van der Waals surface area (Å²) < 4.78 is 4.52. The molecule has 5 heteroatoms. The third-order valence-electron chi connectivity index (χ3n) is 1.61. The van der Waals surface area contributed by atoms with Crippen LogP contribution in [0.4, 0.5) is 5.69 Å². The van der Waals surface area contributed by atoms with Gasteiger partial charge in [-0.1, -0.05) is 5.16 Å². The average molecular weight is 194 g/mol. The van der Waals surface area contributed by atoms with Crippen molar-refractivity contribution in [3.63, 3.8) is 0 Å². The zero-order valence-electron chi connectivity index (χ0n) is 7.60. The van der Waals surface area contributed by atoms with Gasteiger partial charge >= 0.3 is 5.97 Å². The molecular weight excluding hydrogens is 184 g/mol. The van der Waals surface area contributed by atoms with Crippen molar-refractivity contribution in [1.82, 2.24) is 0 Å². The van der Waals surface area contributed by atoms with Crippen molar-refractivity contribution in [3.05, 3.63) is 29.3 Å². The predicted octanol–water partition coefficient (Wildman–Crippen LogP) is 0.864. The number of rotatable bonds is 2. The lowest BCUT2D eigenvalue weighted by molar-refractivity contribution is 0.0601. The van der Waals surface area contributed by atoms with Gasteiger partial charge in [-0.3, -0.25) is 0 Å². The molecule has 3 N–H and O–H groups in total. The highest BCUT2D eigenvalue weighted by molar-refractivity contribution is 5.93. The topological polar surface area (TPSA) is 84.9 Å². The van der Waals surface area contributed by atoms with E-state index in [1.54, 1.807) is 6.07 Å². The minimum atomic E-state index is -0.482. The molecule has 74 valence electrons. The van der Waals surface area contributed by atoms with Crippen LogP contribution in [0.3, 0.4) is 0 Å². The highest BCUT2D eigenvalue weighted by Crippen LogP contribution is 2.11. The van der Waals surface area contributed by atoms with Crippen LogP contribution in [0.2, 0.25) is 0 Å². The number of carbonyl (C=O) groups is 1. The van der Waals surface area contributed by atoms with Gasteiger partial charge in [-0.2, -0.15) is 0 Å². The van der Waals surface area contributed by atoms with Crippen molar-refractivity contribution >= 4 is 17.9 Å². The van der Waals surface area contributed by atoms with Gasteiger partial charge in [0.2, 0.25) is 0 Å². The first-order valence-electron chi connectivity index (χ1n) is 3.83. The van der Waals surface area contributed by atoms with Crippen LogP contribution in [-0.2, 0) is 4.74 Å². The molecule has 0 aliphatic rings. The van der Waals surface area contributed by atoms with Crippen LogP contribution >= 0.6 is 0 Å². The van der Waals surface area contributed by atoms with Gasteiger partial charge in [-0.25, -0.2) is 4.79 Å². The molecule has 0 aliphatic heterocycles. The molecule has 0 aliphatic carbocycles. The molecule has 14 heavy (non-hydrogen) atoms. The van der Waals surface area contributed by atoms with Gasteiger partial charge < -0.3 is 15.7 Å². The van der Waals surface area contributed by atoms with Gasteiger partial charge in [-0.15, -0.1) is 0 Å². The summed E-state index contributed by atoms with van der Waals surface area (Å²) in [5.41, 5.74) is 6.79. The zero-order chi connectivity index (χ0) is 10.6. The number of ether oxygens (including phenoxy) is 1. The predicted molar refractivity (Wildman–Crippen MR) is 51.6 cm³/mol. The summed E-state index contributed by atoms with van der Waals surface area (Å²) in [6.45, 7) is 0. The molecule has 0 unspecified atom stereocenters. The third kappa shape index (κ3) is 2.22. The second kappa shape index (κ2) is 4.27. The molecule has 0 saturated carbocycles. The minimum absolute atomic E-state index is 0.322. The molecule has 0 aromatic heterocycles. The number of nitrogens with zero attached hydrogens (tertiary/aromatic N) is 1. The average Bonchev–Trinajstić information content (AvgIpc) is 2.16. The van der Waals surface area contributed by atoms with Crippen LogP contribution in [0.1, 0.15) is 15.9 Å². The first kappa shape index (κ1) is 10.0. The smallest absolute Gasteiger partial charge is 0.337 e. The summed E-state index contributed by atoms with van der Waals surface area (Å²) in [5.74, 6) is -0.482. The van der Waals surface area contributed by atoms with Crippen molar-refractivity contribution < 1.29 is 14.7 Å². The van der Waals surface area contributed by atoms with E-state index in [1.807, 2.05) is 0 Å². The van der Waals surface area contributed by atoms with Crippen LogP contribution < -0.4 is 5.73 Å². The fraction of sp³-hybridized carbons (Fsp3) is 0.111. The van der Waals surface area contributed by atoms with E-state index in [0.29, 0.717) is 16.8 Å². The van der Waals surface area contributed by atoms with E-state index in [-0.39, 0.29) is 0 Å². The Labute approximate surface area is 80.8 Å². The Morgan fingerprint density at radius 2 is 2.29 bits per heavy atom. The Hall–Kier alpha value is -2.04. The highest BCUT2D eigenvalue weighted by atomic mass is 16.5. The van der Waals surface area contributed by atoms with Crippen molar-refractivity contribution in [2.75, 3.05) is 12.8 Å². The molecule has 0 heterocycles. The van der Waals surface area contributed by atoms with Crippen molar-refractivity contribution in [3.8, 4) is 0 Å². The second-order valence-corrected chi connectivity index (χ2v) is 2.62. The summed E-state index contributed by atoms with van der Waals surface area (Å²) >= 11 is 0. The lowest BCUT2D eigenvalue weighted by atomic mass is 10.1. The van der Waals surface area contributed by atoms with Crippen molar-refractivity contribution in [2.24, 2.45) is 5.16 Å². The van der Waals surface area contributed by atoms with Gasteiger partial charge in [0.1, 0.15) is 0 Å². The molecule has 0 radical (unpaired) electrons. The number of anilines is 1. The number of hydrogen-bond acceptors (Lipinski definition) is 5. The lowest BCUT2D eigenvalue weighted by Crippen LogP contribution is -2.03. The molecule has 5 nitrogen and oxygen atoms in total. The minimum Gasteiger partial charge on any atom is -0.465 e. The Morgan fingerprint density at radius 3 is 2.86 bits per heavy atom. The molecule has 0 bridgehead atoms. The van der Waals surface area contributed by atoms with E-state index in [0.717, 1.165) is 0 Å². The van der Waals surface area contributed by atoms with Gasteiger partial charge in [0, 0.05) is 5.69 Å². The molecule has 0 saturated heterocycles. The Morgan fingerprint density at radius 1 is 1.57 bits per heavy atom. The zero-order valence-corrected chi connectivity index (χ0v) is 7.60. The fourth-order valence-corrected chi connectivity index (χ4v) is 1.05. The largest absolute Gasteiger partial charge is 0.465 e. The number of nitrogens with two attached hydrogens (primary N) is 1. The quantitative estimate of drug-likeness (QED) is 0.240. The number of nitrogen functional groups attached to an aromatic ring is 1. The Kier molecular flexibility index (Phi) is 3.06. The maximum Gasteiger partial charge on any atom is 0.337 e. The molecule has 0 amide bonds. The molecule has 0 fully saturated rings. The molecule has 1 aromatic rings. The number of methoxy groups -OCH3 is 1. The highest BCUT2D eigenvalue weighted by Gasteiger charge is 2.06. The number of oxime groups is 1. The Balaban J connectivity index is 3.13. The van der Waals surface area contributed by atoms with E-state index in [4.69, 9.17) is 10.9 Å². The van der Waals surface area contributed by atoms with Crippen LogP contribution in [0.25, 0.3) is 0 Å². The summed E-state index contributed by atoms with van der Waals surface area (Å²) in [5, 5.41) is 11.2. The van der Waals surface area contributed by atoms with E-state index in [1.165, 1.54) is 25.5 Å². The van der Waals surface area contributed by atoms with Crippen LogP contribution in [0.5, 0.6) is 0 Å². The first-order valence-corrected chi connectivity index (χ1v) is 3.83. The van der Waals surface area contributed by atoms with E-state index < -0.39 is 5.97 Å². The fourth-order valence-electron chi connectivity index (χ4n) is 1.05. The number of carbonyl (C=O) groups excluding carboxylic acids is 1. The normalized spacial score (nSPS) is 10.4. The third-order valence-corrected chi connectivity index (χ3v) is 1.61. The second-order valence-electron chi connectivity index (χ2n) is 2.62. The monoisotopic (exact) mass is 194 g/mol. The van der Waals surface area contributed by atoms with Crippen molar-refractivity contribution in [2.45, 2.75) is 0 Å². The number of esters is 1. The summed E-state index contributed by atoms with van der Waals surface area (Å²) in [6.07, 6.45) is 1.18. The van der Waals surface area contributed by atoms with E-state index >= 15 is 0 Å². The molecular formula is C9H10N2O3. The standard InChI is InChI=1S/C9H10N2O3/c1-14-9(12)7-2-6(5-11-13)3-8(10)4-7/h2-5,13H,10H2,1H3. The van der Waals surface area contributed by atoms with Crippen molar-refractivity contribution in [1.29, 1.82) is 0 Å². The van der Waals surface area contributed by atoms with E-state index in [2.05, 4.69) is 9.89 Å². The summed E-state index contributed by atoms with van der Waals surface area (Å²) in [4.78, 5) is 11.1. The van der Waals surface area contributed by atoms with Gasteiger partial charge in [0.25, 0.3) is 0 Å². The van der Waals surface area contributed by atoms with Gasteiger partial charge in [0.15, 0.2) is 0 Å². The number of hydrogen-bond donors (Lipinski definition) is 2. The Bertz CT molecular complexity index is 374.